The Morgan fingerprint density at radius 3 is 2.55 bits per heavy atom. The smallest absolute Gasteiger partial charge is 0.262 e. The monoisotopic (exact) mass is 336 g/mol. The second-order valence-electron chi connectivity index (χ2n) is 5.23. The first-order chi connectivity index (χ1) is 9.56. The summed E-state index contributed by atoms with van der Waals surface area (Å²) in [5.41, 5.74) is 0.757. The number of likely N-dealkylation sites (N-methyl/N-ethyl adjacent to an activating group) is 1. The molecule has 1 aromatic heterocycles. The molecule has 1 fully saturated rings. The number of aromatic nitrogens is 2. The van der Waals surface area contributed by atoms with Gasteiger partial charge in [-0.05, 0) is 25.2 Å². The Labute approximate surface area is 125 Å². The lowest BCUT2D eigenvalue weighted by molar-refractivity contribution is 0.310. The first-order valence-corrected chi connectivity index (χ1v) is 7.45. The fourth-order valence-corrected chi connectivity index (χ4v) is 2.87. The SMILES string of the molecule is CN1CCN(c2nc3cc(Br)ccc3c(=O)n2C)CC1. The molecule has 0 bridgehead atoms. The highest BCUT2D eigenvalue weighted by Crippen LogP contribution is 2.19. The van der Waals surface area contributed by atoms with E-state index >= 15 is 0 Å². The minimum atomic E-state index is 0.0106. The topological polar surface area (TPSA) is 41.4 Å². The van der Waals surface area contributed by atoms with Crippen molar-refractivity contribution in [2.75, 3.05) is 38.1 Å². The summed E-state index contributed by atoms with van der Waals surface area (Å²) in [5, 5.41) is 0.661. The Kier molecular flexibility index (Phi) is 3.52. The number of benzene rings is 1. The summed E-state index contributed by atoms with van der Waals surface area (Å²) in [5.74, 6) is 0.758. The van der Waals surface area contributed by atoms with E-state index in [-0.39, 0.29) is 5.56 Å². The summed E-state index contributed by atoms with van der Waals surface area (Å²) >= 11 is 3.43. The third-order valence-corrected chi connectivity index (χ3v) is 4.29. The van der Waals surface area contributed by atoms with Gasteiger partial charge in [0.05, 0.1) is 10.9 Å². The van der Waals surface area contributed by atoms with Gasteiger partial charge in [0.25, 0.3) is 5.56 Å². The number of hydrogen-bond acceptors (Lipinski definition) is 4. The summed E-state index contributed by atoms with van der Waals surface area (Å²) in [6.07, 6.45) is 0. The van der Waals surface area contributed by atoms with Gasteiger partial charge in [0.15, 0.2) is 0 Å². The predicted octanol–water partition coefficient (Wildman–Crippen LogP) is 1.45. The maximum atomic E-state index is 12.4. The molecule has 0 aliphatic carbocycles. The fourth-order valence-electron chi connectivity index (χ4n) is 2.52. The van der Waals surface area contributed by atoms with E-state index in [2.05, 4.69) is 37.8 Å². The van der Waals surface area contributed by atoms with Crippen molar-refractivity contribution in [3.63, 3.8) is 0 Å². The summed E-state index contributed by atoms with van der Waals surface area (Å²) in [7, 11) is 3.91. The van der Waals surface area contributed by atoms with E-state index < -0.39 is 0 Å². The van der Waals surface area contributed by atoms with Crippen LogP contribution in [-0.4, -0.2) is 47.7 Å². The normalized spacial score (nSPS) is 16.9. The number of hydrogen-bond donors (Lipinski definition) is 0. The number of fused-ring (bicyclic) bond motifs is 1. The Balaban J connectivity index is 2.11. The van der Waals surface area contributed by atoms with Crippen molar-refractivity contribution in [2.45, 2.75) is 0 Å². The van der Waals surface area contributed by atoms with Crippen LogP contribution in [0, 0.1) is 0 Å². The van der Waals surface area contributed by atoms with Crippen LogP contribution in [0.1, 0.15) is 0 Å². The molecule has 2 heterocycles. The Morgan fingerprint density at radius 2 is 1.85 bits per heavy atom. The van der Waals surface area contributed by atoms with Crippen molar-refractivity contribution in [2.24, 2.45) is 7.05 Å². The molecule has 20 heavy (non-hydrogen) atoms. The number of halogens is 1. The molecule has 6 heteroatoms. The van der Waals surface area contributed by atoms with Gasteiger partial charge in [0.1, 0.15) is 0 Å². The Morgan fingerprint density at radius 1 is 1.15 bits per heavy atom. The minimum absolute atomic E-state index is 0.0106. The van der Waals surface area contributed by atoms with Crippen molar-refractivity contribution in [3.8, 4) is 0 Å². The lowest BCUT2D eigenvalue weighted by Gasteiger charge is -2.33. The lowest BCUT2D eigenvalue weighted by atomic mass is 10.2. The number of nitrogens with zero attached hydrogens (tertiary/aromatic N) is 4. The van der Waals surface area contributed by atoms with Gasteiger partial charge in [-0.3, -0.25) is 9.36 Å². The zero-order valence-electron chi connectivity index (χ0n) is 11.6. The highest BCUT2D eigenvalue weighted by Gasteiger charge is 2.19. The lowest BCUT2D eigenvalue weighted by Crippen LogP contribution is -2.46. The van der Waals surface area contributed by atoms with E-state index in [1.165, 1.54) is 0 Å². The zero-order valence-corrected chi connectivity index (χ0v) is 13.2. The third-order valence-electron chi connectivity index (χ3n) is 3.80. The molecule has 0 radical (unpaired) electrons. The molecule has 1 aliphatic heterocycles. The molecule has 0 spiro atoms. The summed E-state index contributed by atoms with van der Waals surface area (Å²) < 4.78 is 2.59. The van der Waals surface area contributed by atoms with E-state index in [9.17, 15) is 4.79 Å². The van der Waals surface area contributed by atoms with Gasteiger partial charge in [-0.25, -0.2) is 4.98 Å². The van der Waals surface area contributed by atoms with Crippen LogP contribution in [0.3, 0.4) is 0 Å². The molecule has 0 saturated carbocycles. The maximum Gasteiger partial charge on any atom is 0.262 e. The fraction of sp³-hybridized carbons (Fsp3) is 0.429. The first kappa shape index (κ1) is 13.6. The Bertz CT molecular complexity index is 704. The largest absolute Gasteiger partial charge is 0.340 e. The molecule has 1 aliphatic rings. The van der Waals surface area contributed by atoms with Crippen LogP contribution in [0.4, 0.5) is 5.95 Å². The summed E-state index contributed by atoms with van der Waals surface area (Å²) in [4.78, 5) is 21.6. The van der Waals surface area contributed by atoms with Crippen LogP contribution in [0.2, 0.25) is 0 Å². The molecule has 0 amide bonds. The van der Waals surface area contributed by atoms with E-state index in [0.717, 1.165) is 42.1 Å². The standard InChI is InChI=1S/C14H17BrN4O/c1-17-5-7-19(8-6-17)14-16-12-9-10(15)3-4-11(12)13(20)18(14)2/h3-4,9H,5-8H2,1-2H3. The highest BCUT2D eigenvalue weighted by molar-refractivity contribution is 9.10. The van der Waals surface area contributed by atoms with E-state index in [4.69, 9.17) is 0 Å². The molecule has 2 aromatic rings. The molecule has 0 atom stereocenters. The van der Waals surface area contributed by atoms with Gasteiger partial charge in [0, 0.05) is 37.7 Å². The van der Waals surface area contributed by atoms with Gasteiger partial charge in [-0.15, -0.1) is 0 Å². The molecule has 1 aromatic carbocycles. The number of piperazine rings is 1. The van der Waals surface area contributed by atoms with Gasteiger partial charge in [-0.1, -0.05) is 15.9 Å². The number of anilines is 1. The molecular formula is C14H17BrN4O. The van der Waals surface area contributed by atoms with E-state index in [0.29, 0.717) is 5.39 Å². The van der Waals surface area contributed by atoms with Crippen LogP contribution < -0.4 is 10.5 Å². The highest BCUT2D eigenvalue weighted by atomic mass is 79.9. The summed E-state index contributed by atoms with van der Waals surface area (Å²) in [6, 6.07) is 5.60. The van der Waals surface area contributed by atoms with Crippen molar-refractivity contribution in [1.82, 2.24) is 14.5 Å². The molecule has 1 saturated heterocycles. The van der Waals surface area contributed by atoms with Gasteiger partial charge in [0.2, 0.25) is 5.95 Å². The first-order valence-electron chi connectivity index (χ1n) is 6.66. The average molecular weight is 337 g/mol. The Hall–Kier alpha value is -1.40. The molecule has 5 nitrogen and oxygen atoms in total. The quantitative estimate of drug-likeness (QED) is 0.790. The molecule has 0 unspecified atom stereocenters. The van der Waals surface area contributed by atoms with Gasteiger partial charge in [-0.2, -0.15) is 0 Å². The maximum absolute atomic E-state index is 12.4. The van der Waals surface area contributed by atoms with Crippen molar-refractivity contribution >= 4 is 32.8 Å². The van der Waals surface area contributed by atoms with E-state index in [1.54, 1.807) is 11.6 Å². The van der Waals surface area contributed by atoms with Crippen LogP contribution in [0.5, 0.6) is 0 Å². The minimum Gasteiger partial charge on any atom is -0.340 e. The van der Waals surface area contributed by atoms with Crippen LogP contribution in [0.25, 0.3) is 10.9 Å². The third kappa shape index (κ3) is 2.33. The van der Waals surface area contributed by atoms with E-state index in [1.807, 2.05) is 18.2 Å². The molecule has 106 valence electrons. The van der Waals surface area contributed by atoms with Crippen molar-refractivity contribution < 1.29 is 0 Å². The second-order valence-corrected chi connectivity index (χ2v) is 6.14. The molecular weight excluding hydrogens is 320 g/mol. The summed E-state index contributed by atoms with van der Waals surface area (Å²) in [6.45, 7) is 3.78. The van der Waals surface area contributed by atoms with Gasteiger partial charge < -0.3 is 9.80 Å². The van der Waals surface area contributed by atoms with Crippen LogP contribution in [0.15, 0.2) is 27.5 Å². The van der Waals surface area contributed by atoms with Crippen molar-refractivity contribution in [3.05, 3.63) is 33.0 Å². The molecule has 0 N–H and O–H groups in total. The number of rotatable bonds is 1. The van der Waals surface area contributed by atoms with Crippen molar-refractivity contribution in [1.29, 1.82) is 0 Å². The molecule has 3 rings (SSSR count). The van der Waals surface area contributed by atoms with Gasteiger partial charge >= 0.3 is 0 Å². The predicted molar refractivity (Wildman–Crippen MR) is 84.4 cm³/mol. The average Bonchev–Trinajstić information content (AvgIpc) is 2.44. The van der Waals surface area contributed by atoms with Crippen LogP contribution >= 0.6 is 15.9 Å². The van der Waals surface area contributed by atoms with Crippen LogP contribution in [-0.2, 0) is 7.05 Å². The second kappa shape index (κ2) is 5.18. The zero-order chi connectivity index (χ0) is 14.3.